The highest BCUT2D eigenvalue weighted by molar-refractivity contribution is 5.80. The Hall–Kier alpha value is -1.94. The second-order valence-electron chi connectivity index (χ2n) is 5.81. The molecule has 3 N–H and O–H groups in total. The maximum atomic E-state index is 11.8. The fourth-order valence-corrected chi connectivity index (χ4v) is 2.57. The molecule has 1 saturated carbocycles. The first kappa shape index (κ1) is 15.4. The van der Waals surface area contributed by atoms with Crippen LogP contribution in [0.15, 0.2) is 10.2 Å². The molecule has 2 rings (SSSR count). The van der Waals surface area contributed by atoms with E-state index in [0.717, 1.165) is 0 Å². The van der Waals surface area contributed by atoms with Crippen LogP contribution in [0.25, 0.3) is 0 Å². The van der Waals surface area contributed by atoms with Gasteiger partial charge in [0, 0.05) is 32.2 Å². The van der Waals surface area contributed by atoms with Gasteiger partial charge >= 0.3 is 5.97 Å². The van der Waals surface area contributed by atoms with Crippen molar-refractivity contribution in [2.75, 3.05) is 6.54 Å². The average Bonchev–Trinajstić information content (AvgIpc) is 3.18. The predicted octanol–water partition coefficient (Wildman–Crippen LogP) is 0.684. The molecular formula is C14H19N3O4. The molecule has 0 aromatic heterocycles. The molecule has 0 spiro atoms. The molecule has 7 nitrogen and oxygen atoms in total. The molecule has 1 fully saturated rings. The maximum Gasteiger partial charge on any atom is 0.311 e. The summed E-state index contributed by atoms with van der Waals surface area (Å²) in [7, 11) is 0. The van der Waals surface area contributed by atoms with E-state index in [0.29, 0.717) is 19.3 Å². The van der Waals surface area contributed by atoms with Crippen LogP contribution in [0.5, 0.6) is 0 Å². The second kappa shape index (κ2) is 5.82. The Morgan fingerprint density at radius 3 is 2.48 bits per heavy atom. The zero-order valence-corrected chi connectivity index (χ0v) is 11.7. The SMILES string of the molecule is C#CCCC1(CCC(=O)NCC2(C(=O)O)CC(O)C2)N=N1. The summed E-state index contributed by atoms with van der Waals surface area (Å²) in [5.41, 5.74) is -1.52. The quantitative estimate of drug-likeness (QED) is 0.571. The molecule has 7 heteroatoms. The third kappa shape index (κ3) is 3.58. The summed E-state index contributed by atoms with van der Waals surface area (Å²) in [6.07, 6.45) is 6.89. The summed E-state index contributed by atoms with van der Waals surface area (Å²) in [4.78, 5) is 23.0. The van der Waals surface area contributed by atoms with E-state index < -0.39 is 23.2 Å². The van der Waals surface area contributed by atoms with E-state index in [1.54, 1.807) is 0 Å². The van der Waals surface area contributed by atoms with E-state index in [1.165, 1.54) is 0 Å². The number of carboxylic acids is 1. The van der Waals surface area contributed by atoms with Crippen LogP contribution in [0.4, 0.5) is 0 Å². The van der Waals surface area contributed by atoms with Gasteiger partial charge in [0.05, 0.1) is 11.5 Å². The summed E-state index contributed by atoms with van der Waals surface area (Å²) in [6, 6.07) is 0. The maximum absolute atomic E-state index is 11.8. The highest BCUT2D eigenvalue weighted by Crippen LogP contribution is 2.41. The summed E-state index contributed by atoms with van der Waals surface area (Å²) in [6.45, 7) is 0.0455. The molecule has 1 aliphatic carbocycles. The number of nitrogens with one attached hydrogen (secondary N) is 1. The van der Waals surface area contributed by atoms with E-state index in [-0.39, 0.29) is 31.7 Å². The number of aliphatic hydroxyl groups is 1. The molecule has 0 saturated heterocycles. The van der Waals surface area contributed by atoms with E-state index in [2.05, 4.69) is 21.5 Å². The van der Waals surface area contributed by atoms with Gasteiger partial charge in [0.25, 0.3) is 0 Å². The predicted molar refractivity (Wildman–Crippen MR) is 73.2 cm³/mol. The van der Waals surface area contributed by atoms with Crippen molar-refractivity contribution < 1.29 is 19.8 Å². The normalized spacial score (nSPS) is 28.3. The van der Waals surface area contributed by atoms with Crippen molar-refractivity contribution in [2.45, 2.75) is 50.3 Å². The van der Waals surface area contributed by atoms with Gasteiger partial charge in [-0.2, -0.15) is 10.2 Å². The zero-order valence-electron chi connectivity index (χ0n) is 11.7. The Balaban J connectivity index is 1.71. The van der Waals surface area contributed by atoms with Crippen molar-refractivity contribution in [1.82, 2.24) is 5.32 Å². The molecule has 0 bridgehead atoms. The highest BCUT2D eigenvalue weighted by atomic mass is 16.4. The first-order valence-corrected chi connectivity index (χ1v) is 6.97. The molecule has 2 aliphatic rings. The summed E-state index contributed by atoms with van der Waals surface area (Å²) < 4.78 is 0. The first-order chi connectivity index (χ1) is 9.91. The third-order valence-electron chi connectivity index (χ3n) is 4.14. The summed E-state index contributed by atoms with van der Waals surface area (Å²) in [5, 5.41) is 29.0. The lowest BCUT2D eigenvalue weighted by atomic mass is 9.66. The minimum Gasteiger partial charge on any atom is -0.481 e. The van der Waals surface area contributed by atoms with E-state index in [4.69, 9.17) is 11.5 Å². The summed E-state index contributed by atoms with van der Waals surface area (Å²) >= 11 is 0. The lowest BCUT2D eigenvalue weighted by Crippen LogP contribution is -2.53. The highest BCUT2D eigenvalue weighted by Gasteiger charge is 2.50. The molecule has 0 aromatic carbocycles. The number of hydrogen-bond acceptors (Lipinski definition) is 5. The van der Waals surface area contributed by atoms with Gasteiger partial charge in [0.2, 0.25) is 5.91 Å². The first-order valence-electron chi connectivity index (χ1n) is 6.97. The van der Waals surface area contributed by atoms with Gasteiger partial charge in [0.15, 0.2) is 5.66 Å². The molecule has 0 radical (unpaired) electrons. The van der Waals surface area contributed by atoms with Gasteiger partial charge in [-0.05, 0) is 12.8 Å². The Morgan fingerprint density at radius 2 is 2.00 bits per heavy atom. The van der Waals surface area contributed by atoms with Crippen LogP contribution in [-0.4, -0.2) is 40.4 Å². The molecule has 1 amide bonds. The lowest BCUT2D eigenvalue weighted by Gasteiger charge is -2.41. The number of carbonyl (C=O) groups is 2. The molecular weight excluding hydrogens is 274 g/mol. The summed E-state index contributed by atoms with van der Waals surface area (Å²) in [5.74, 6) is 1.31. The van der Waals surface area contributed by atoms with Crippen molar-refractivity contribution in [2.24, 2.45) is 15.6 Å². The van der Waals surface area contributed by atoms with Crippen LogP contribution in [0.1, 0.15) is 38.5 Å². The van der Waals surface area contributed by atoms with Gasteiger partial charge in [-0.15, -0.1) is 12.3 Å². The largest absolute Gasteiger partial charge is 0.481 e. The van der Waals surface area contributed by atoms with Gasteiger partial charge in [0.1, 0.15) is 0 Å². The van der Waals surface area contributed by atoms with Gasteiger partial charge in [-0.25, -0.2) is 0 Å². The Labute approximate surface area is 122 Å². The van der Waals surface area contributed by atoms with Crippen molar-refractivity contribution >= 4 is 11.9 Å². The van der Waals surface area contributed by atoms with Crippen LogP contribution >= 0.6 is 0 Å². The minimum atomic E-state index is -1.02. The molecule has 114 valence electrons. The number of rotatable bonds is 8. The van der Waals surface area contributed by atoms with Crippen molar-refractivity contribution in [1.29, 1.82) is 0 Å². The minimum absolute atomic E-state index is 0.0455. The number of nitrogens with zero attached hydrogens (tertiary/aromatic N) is 2. The Morgan fingerprint density at radius 1 is 1.33 bits per heavy atom. The Kier molecular flexibility index (Phi) is 4.28. The van der Waals surface area contributed by atoms with Crippen LogP contribution in [0, 0.1) is 17.8 Å². The van der Waals surface area contributed by atoms with Gasteiger partial charge in [-0.3, -0.25) is 9.59 Å². The standard InChI is InChI=1S/C14H19N3O4/c1-2-3-5-14(16-17-14)6-4-11(19)15-9-13(12(20)21)7-10(18)8-13/h1,10,18H,3-9H2,(H,15,19)(H,20,21). The number of hydrogen-bond donors (Lipinski definition) is 3. The van der Waals surface area contributed by atoms with E-state index >= 15 is 0 Å². The molecule has 1 aliphatic heterocycles. The molecule has 21 heavy (non-hydrogen) atoms. The smallest absolute Gasteiger partial charge is 0.311 e. The molecule has 1 heterocycles. The Bertz CT molecular complexity index is 497. The third-order valence-corrected chi connectivity index (χ3v) is 4.14. The number of terminal acetylenes is 1. The van der Waals surface area contributed by atoms with Gasteiger partial charge < -0.3 is 15.5 Å². The monoisotopic (exact) mass is 293 g/mol. The van der Waals surface area contributed by atoms with Crippen molar-refractivity contribution in [3.63, 3.8) is 0 Å². The molecule has 0 aromatic rings. The molecule has 0 unspecified atom stereocenters. The number of aliphatic carboxylic acids is 1. The van der Waals surface area contributed by atoms with E-state index in [1.807, 2.05) is 0 Å². The number of amides is 1. The number of carboxylic acid groups (broad SMARTS) is 1. The van der Waals surface area contributed by atoms with Crippen LogP contribution < -0.4 is 5.32 Å². The van der Waals surface area contributed by atoms with Crippen LogP contribution in [0.3, 0.4) is 0 Å². The fourth-order valence-electron chi connectivity index (χ4n) is 2.57. The zero-order chi connectivity index (χ0) is 15.5. The topological polar surface area (TPSA) is 111 Å². The molecule has 0 atom stereocenters. The van der Waals surface area contributed by atoms with Crippen molar-refractivity contribution in [3.05, 3.63) is 0 Å². The van der Waals surface area contributed by atoms with Crippen LogP contribution in [0.2, 0.25) is 0 Å². The van der Waals surface area contributed by atoms with E-state index in [9.17, 15) is 14.7 Å². The van der Waals surface area contributed by atoms with Gasteiger partial charge in [-0.1, -0.05) is 0 Å². The number of aliphatic hydroxyl groups excluding tert-OH is 1. The average molecular weight is 293 g/mol. The lowest BCUT2D eigenvalue weighted by molar-refractivity contribution is -0.162. The second-order valence-corrected chi connectivity index (χ2v) is 5.81. The fraction of sp³-hybridized carbons (Fsp3) is 0.714. The number of carbonyl (C=O) groups excluding carboxylic acids is 1. The van der Waals surface area contributed by atoms with Crippen molar-refractivity contribution in [3.8, 4) is 12.3 Å². The van der Waals surface area contributed by atoms with Crippen LogP contribution in [-0.2, 0) is 9.59 Å².